The molecule has 3 aliphatic carbocycles. The Bertz CT molecular complexity index is 1060. The summed E-state index contributed by atoms with van der Waals surface area (Å²) in [5, 5.41) is 9.31. The van der Waals surface area contributed by atoms with E-state index in [1.807, 2.05) is 18.5 Å². The van der Waals surface area contributed by atoms with Crippen molar-refractivity contribution in [1.29, 1.82) is 0 Å². The third-order valence-electron chi connectivity index (χ3n) is 7.01. The molecule has 1 aromatic carbocycles. The predicted molar refractivity (Wildman–Crippen MR) is 112 cm³/mol. The number of nitrogens with zero attached hydrogens (tertiary/aromatic N) is 5. The third kappa shape index (κ3) is 2.72. The summed E-state index contributed by atoms with van der Waals surface area (Å²) in [6, 6.07) is 8.19. The third-order valence-corrected chi connectivity index (χ3v) is 7.25. The van der Waals surface area contributed by atoms with Gasteiger partial charge in [-0.2, -0.15) is 4.98 Å². The largest absolute Gasteiger partial charge is 0.347 e. The molecule has 3 aromatic rings. The van der Waals surface area contributed by atoms with E-state index in [1.165, 1.54) is 12.0 Å². The molecule has 2 aromatic heterocycles. The highest BCUT2D eigenvalue weighted by Gasteiger charge is 2.69. The van der Waals surface area contributed by atoms with Crippen LogP contribution in [0.2, 0.25) is 5.02 Å². The second kappa shape index (κ2) is 6.08. The predicted octanol–water partition coefficient (Wildman–Crippen LogP) is 4.50. The van der Waals surface area contributed by atoms with Crippen molar-refractivity contribution < 1.29 is 0 Å². The van der Waals surface area contributed by atoms with Crippen LogP contribution >= 0.6 is 11.6 Å². The minimum Gasteiger partial charge on any atom is -0.347 e. The van der Waals surface area contributed by atoms with E-state index in [9.17, 15) is 0 Å². The van der Waals surface area contributed by atoms with Gasteiger partial charge in [-0.15, -0.1) is 5.10 Å². The van der Waals surface area contributed by atoms with Crippen LogP contribution in [0.25, 0.3) is 0 Å². The van der Waals surface area contributed by atoms with Gasteiger partial charge in [0, 0.05) is 29.2 Å². The molecule has 4 aliphatic rings. The maximum atomic E-state index is 6.26. The van der Waals surface area contributed by atoms with Gasteiger partial charge in [0.05, 0.1) is 17.6 Å². The summed E-state index contributed by atoms with van der Waals surface area (Å²) >= 11 is 6.26. The molecule has 0 spiro atoms. The standard InChI is InChI=1S/C22H25ClN6/c1-15-10-28(14-24-15)22-11-21(12-22,13-22)26-20-25-19-18(7-2-3-8-29(19)27-20)16-5-4-6-17(23)9-16/h4-6,9-10,14,18H,2-3,7-8,11-13H2,1H3,(H,26,27). The van der Waals surface area contributed by atoms with Gasteiger partial charge >= 0.3 is 0 Å². The summed E-state index contributed by atoms with van der Waals surface area (Å²) in [6.07, 6.45) is 10.9. The molecule has 7 rings (SSSR count). The highest BCUT2D eigenvalue weighted by Crippen LogP contribution is 2.66. The summed E-state index contributed by atoms with van der Waals surface area (Å²) in [6.45, 7) is 2.99. The van der Waals surface area contributed by atoms with E-state index in [2.05, 4.69) is 44.8 Å². The average molecular weight is 409 g/mol. The number of aryl methyl sites for hydroxylation is 2. The number of benzene rings is 1. The van der Waals surface area contributed by atoms with E-state index in [-0.39, 0.29) is 17.0 Å². The van der Waals surface area contributed by atoms with Crippen LogP contribution in [0.15, 0.2) is 36.8 Å². The van der Waals surface area contributed by atoms with Crippen molar-refractivity contribution in [2.24, 2.45) is 0 Å². The van der Waals surface area contributed by atoms with E-state index in [0.717, 1.165) is 61.1 Å². The highest BCUT2D eigenvalue weighted by molar-refractivity contribution is 6.30. The highest BCUT2D eigenvalue weighted by atomic mass is 35.5. The molecule has 29 heavy (non-hydrogen) atoms. The van der Waals surface area contributed by atoms with E-state index in [0.29, 0.717) is 0 Å². The van der Waals surface area contributed by atoms with Gasteiger partial charge in [0.15, 0.2) is 0 Å². The summed E-state index contributed by atoms with van der Waals surface area (Å²) < 4.78 is 4.41. The van der Waals surface area contributed by atoms with Crippen molar-refractivity contribution in [2.45, 2.75) is 69.0 Å². The molecule has 3 fully saturated rings. The van der Waals surface area contributed by atoms with Gasteiger partial charge in [0.2, 0.25) is 5.95 Å². The first-order valence-electron chi connectivity index (χ1n) is 10.5. The zero-order chi connectivity index (χ0) is 19.6. The van der Waals surface area contributed by atoms with Gasteiger partial charge < -0.3 is 9.88 Å². The molecule has 1 N–H and O–H groups in total. The molecule has 7 heteroatoms. The second-order valence-corrected chi connectivity index (χ2v) is 9.64. The van der Waals surface area contributed by atoms with Crippen molar-refractivity contribution in [3.05, 3.63) is 58.9 Å². The fraction of sp³-hybridized carbons (Fsp3) is 0.500. The molecule has 0 amide bonds. The van der Waals surface area contributed by atoms with E-state index < -0.39 is 0 Å². The zero-order valence-corrected chi connectivity index (χ0v) is 17.4. The first-order chi connectivity index (χ1) is 14.0. The minimum absolute atomic E-state index is 0.150. The van der Waals surface area contributed by atoms with Crippen molar-refractivity contribution in [1.82, 2.24) is 24.3 Å². The number of hydrogen-bond donors (Lipinski definition) is 1. The zero-order valence-electron chi connectivity index (χ0n) is 16.6. The summed E-state index contributed by atoms with van der Waals surface area (Å²) in [5.41, 5.74) is 2.73. The van der Waals surface area contributed by atoms with Crippen molar-refractivity contribution >= 4 is 17.5 Å². The van der Waals surface area contributed by atoms with Gasteiger partial charge in [-0.3, -0.25) is 0 Å². The molecular formula is C22H25ClN6. The number of nitrogens with one attached hydrogen (secondary N) is 1. The molecule has 3 saturated carbocycles. The molecule has 150 valence electrons. The Hall–Kier alpha value is -2.34. The van der Waals surface area contributed by atoms with Crippen LogP contribution in [-0.4, -0.2) is 29.9 Å². The van der Waals surface area contributed by atoms with E-state index in [1.54, 1.807) is 0 Å². The Balaban J connectivity index is 1.23. The molecule has 0 radical (unpaired) electrons. The second-order valence-electron chi connectivity index (χ2n) is 9.20. The Morgan fingerprint density at radius 1 is 1.21 bits per heavy atom. The number of aromatic nitrogens is 5. The number of anilines is 1. The van der Waals surface area contributed by atoms with Gasteiger partial charge in [-0.1, -0.05) is 30.2 Å². The maximum Gasteiger partial charge on any atom is 0.242 e. The molecule has 0 saturated heterocycles. The Kier molecular flexibility index (Phi) is 3.67. The molecule has 2 bridgehead atoms. The average Bonchev–Trinajstić information content (AvgIpc) is 3.18. The normalized spacial score (nSPS) is 30.1. The Morgan fingerprint density at radius 3 is 2.83 bits per heavy atom. The van der Waals surface area contributed by atoms with Crippen LogP contribution in [0, 0.1) is 6.92 Å². The molecule has 1 aliphatic heterocycles. The van der Waals surface area contributed by atoms with Gasteiger partial charge in [-0.05, 0) is 56.7 Å². The van der Waals surface area contributed by atoms with E-state index in [4.69, 9.17) is 21.7 Å². The maximum absolute atomic E-state index is 6.26. The first-order valence-corrected chi connectivity index (χ1v) is 10.9. The SMILES string of the molecule is Cc1cn(C23CC(Nc4nc5n(n4)CCCCC5c4cccc(Cl)c4)(C2)C3)cn1. The van der Waals surface area contributed by atoms with Crippen molar-refractivity contribution in [2.75, 3.05) is 5.32 Å². The number of rotatable bonds is 4. The summed E-state index contributed by atoms with van der Waals surface area (Å²) in [7, 11) is 0. The van der Waals surface area contributed by atoms with E-state index >= 15 is 0 Å². The number of halogens is 1. The molecule has 6 nitrogen and oxygen atoms in total. The minimum atomic E-state index is 0.150. The van der Waals surface area contributed by atoms with Gasteiger partial charge in [-0.25, -0.2) is 9.67 Å². The fourth-order valence-electron chi connectivity index (χ4n) is 5.67. The van der Waals surface area contributed by atoms with Crippen LogP contribution in [-0.2, 0) is 12.1 Å². The molecule has 1 atom stereocenters. The van der Waals surface area contributed by atoms with Crippen LogP contribution < -0.4 is 5.32 Å². The lowest BCUT2D eigenvalue weighted by Gasteiger charge is -2.70. The molecule has 3 heterocycles. The Morgan fingerprint density at radius 2 is 2.07 bits per heavy atom. The van der Waals surface area contributed by atoms with Crippen LogP contribution in [0.4, 0.5) is 5.95 Å². The lowest BCUT2D eigenvalue weighted by atomic mass is 9.44. The monoisotopic (exact) mass is 408 g/mol. The van der Waals surface area contributed by atoms with Gasteiger partial charge in [0.1, 0.15) is 5.82 Å². The number of hydrogen-bond acceptors (Lipinski definition) is 4. The topological polar surface area (TPSA) is 60.6 Å². The van der Waals surface area contributed by atoms with Gasteiger partial charge in [0.25, 0.3) is 0 Å². The molecular weight excluding hydrogens is 384 g/mol. The quantitative estimate of drug-likeness (QED) is 0.690. The van der Waals surface area contributed by atoms with Crippen LogP contribution in [0.3, 0.4) is 0 Å². The summed E-state index contributed by atoms with van der Waals surface area (Å²) in [4.78, 5) is 9.37. The summed E-state index contributed by atoms with van der Waals surface area (Å²) in [5.74, 6) is 2.11. The first kappa shape index (κ1) is 17.5. The molecule has 1 unspecified atom stereocenters. The van der Waals surface area contributed by atoms with Crippen molar-refractivity contribution in [3.63, 3.8) is 0 Å². The lowest BCUT2D eigenvalue weighted by molar-refractivity contribution is -0.100. The van der Waals surface area contributed by atoms with Crippen LogP contribution in [0.1, 0.15) is 61.5 Å². The number of fused-ring (bicyclic) bond motifs is 1. The Labute approximate surface area is 175 Å². The fourth-order valence-corrected chi connectivity index (χ4v) is 5.86. The van der Waals surface area contributed by atoms with Crippen LogP contribution in [0.5, 0.6) is 0 Å². The van der Waals surface area contributed by atoms with Crippen molar-refractivity contribution in [3.8, 4) is 0 Å². The smallest absolute Gasteiger partial charge is 0.242 e. The number of imidazole rings is 1. The lowest BCUT2D eigenvalue weighted by Crippen LogP contribution is -2.75.